The van der Waals surface area contributed by atoms with Crippen molar-refractivity contribution in [2.24, 2.45) is 0 Å². The van der Waals surface area contributed by atoms with Gasteiger partial charge in [-0.05, 0) is 36.8 Å². The number of hydrogen-bond acceptors (Lipinski definition) is 4. The molecule has 7 nitrogen and oxygen atoms in total. The van der Waals surface area contributed by atoms with Gasteiger partial charge in [-0.25, -0.2) is 8.42 Å². The second-order valence-electron chi connectivity index (χ2n) is 8.66. The van der Waals surface area contributed by atoms with Crippen LogP contribution in [-0.4, -0.2) is 50.5 Å². The Bertz CT molecular complexity index is 1420. The van der Waals surface area contributed by atoms with Crippen molar-refractivity contribution in [2.45, 2.75) is 25.9 Å². The molecule has 1 atom stereocenters. The molecule has 0 radical (unpaired) electrons. The van der Waals surface area contributed by atoms with Gasteiger partial charge in [0.25, 0.3) is 0 Å². The molecule has 208 valence electrons. The number of halogens is 4. The first-order valence-corrected chi connectivity index (χ1v) is 15.3. The number of carbonyl (C=O) groups is 2. The van der Waals surface area contributed by atoms with E-state index in [0.29, 0.717) is 22.2 Å². The Morgan fingerprint density at radius 1 is 0.872 bits per heavy atom. The molecule has 0 aromatic heterocycles. The van der Waals surface area contributed by atoms with E-state index >= 15 is 0 Å². The summed E-state index contributed by atoms with van der Waals surface area (Å²) in [6.45, 7) is 1.30. The smallest absolute Gasteiger partial charge is 0.244 e. The van der Waals surface area contributed by atoms with Crippen LogP contribution in [0.25, 0.3) is 0 Å². The van der Waals surface area contributed by atoms with Crippen LogP contribution < -0.4 is 9.62 Å². The van der Waals surface area contributed by atoms with Crippen LogP contribution in [0.3, 0.4) is 0 Å². The van der Waals surface area contributed by atoms with Crippen molar-refractivity contribution < 1.29 is 18.0 Å². The fourth-order valence-corrected chi connectivity index (χ4v) is 5.80. The van der Waals surface area contributed by atoms with Gasteiger partial charge in [-0.15, -0.1) is 0 Å². The molecular weight excluding hydrogens is 604 g/mol. The van der Waals surface area contributed by atoms with Crippen LogP contribution in [0.1, 0.15) is 18.1 Å². The summed E-state index contributed by atoms with van der Waals surface area (Å²) in [7, 11) is -4.00. The Labute approximate surface area is 248 Å². The van der Waals surface area contributed by atoms with Gasteiger partial charge in [0.1, 0.15) is 12.6 Å². The zero-order chi connectivity index (χ0) is 28.7. The number of nitrogens with zero attached hydrogens (tertiary/aromatic N) is 2. The van der Waals surface area contributed by atoms with Crippen molar-refractivity contribution in [3.8, 4) is 0 Å². The van der Waals surface area contributed by atoms with Crippen molar-refractivity contribution in [2.75, 3.05) is 23.7 Å². The zero-order valence-corrected chi connectivity index (χ0v) is 25.0. The molecule has 0 bridgehead atoms. The molecule has 1 unspecified atom stereocenters. The van der Waals surface area contributed by atoms with E-state index in [9.17, 15) is 18.0 Å². The molecule has 3 aromatic rings. The summed E-state index contributed by atoms with van der Waals surface area (Å²) in [6, 6.07) is 17.6. The fraction of sp³-hybridized carbons (Fsp3) is 0.259. The average molecular weight is 631 g/mol. The van der Waals surface area contributed by atoms with Gasteiger partial charge in [-0.1, -0.05) is 88.9 Å². The van der Waals surface area contributed by atoms with E-state index in [0.717, 1.165) is 16.1 Å². The molecule has 0 heterocycles. The molecule has 0 spiro atoms. The van der Waals surface area contributed by atoms with E-state index < -0.39 is 34.4 Å². The van der Waals surface area contributed by atoms with Gasteiger partial charge in [-0.2, -0.15) is 0 Å². The molecule has 1 N–H and O–H groups in total. The number of benzene rings is 3. The topological polar surface area (TPSA) is 86.8 Å². The zero-order valence-electron chi connectivity index (χ0n) is 21.2. The maximum Gasteiger partial charge on any atom is 0.244 e. The van der Waals surface area contributed by atoms with E-state index in [1.54, 1.807) is 25.1 Å². The third kappa shape index (κ3) is 8.02. The molecule has 3 aromatic carbocycles. The molecule has 0 saturated heterocycles. The number of carbonyl (C=O) groups excluding carboxylic acids is 2. The third-order valence-electron chi connectivity index (χ3n) is 5.89. The van der Waals surface area contributed by atoms with Crippen molar-refractivity contribution in [1.29, 1.82) is 0 Å². The van der Waals surface area contributed by atoms with Gasteiger partial charge in [0.05, 0.1) is 22.0 Å². The van der Waals surface area contributed by atoms with Crippen LogP contribution in [-0.2, 0) is 32.6 Å². The molecular formula is C27H27Cl4N3O4S. The second kappa shape index (κ2) is 13.7. The highest BCUT2D eigenvalue weighted by Crippen LogP contribution is 2.34. The quantitative estimate of drug-likeness (QED) is 0.288. The predicted octanol–water partition coefficient (Wildman–Crippen LogP) is 5.84. The first-order chi connectivity index (χ1) is 18.4. The van der Waals surface area contributed by atoms with Gasteiger partial charge in [-0.3, -0.25) is 13.9 Å². The minimum absolute atomic E-state index is 0.0253. The van der Waals surface area contributed by atoms with Crippen LogP contribution in [0.15, 0.2) is 66.7 Å². The summed E-state index contributed by atoms with van der Waals surface area (Å²) in [6.07, 6.45) is 1.12. The Kier molecular flexibility index (Phi) is 10.9. The summed E-state index contributed by atoms with van der Waals surface area (Å²) >= 11 is 25.3. The first-order valence-electron chi connectivity index (χ1n) is 11.9. The highest BCUT2D eigenvalue weighted by molar-refractivity contribution is 7.92. The summed E-state index contributed by atoms with van der Waals surface area (Å²) in [5, 5.41) is 3.48. The summed E-state index contributed by atoms with van der Waals surface area (Å²) in [5.74, 6) is -1.08. The lowest BCUT2D eigenvalue weighted by atomic mass is 10.0. The lowest BCUT2D eigenvalue weighted by molar-refractivity contribution is -0.140. The van der Waals surface area contributed by atoms with Crippen molar-refractivity contribution in [1.82, 2.24) is 10.2 Å². The van der Waals surface area contributed by atoms with Gasteiger partial charge < -0.3 is 10.2 Å². The van der Waals surface area contributed by atoms with E-state index in [-0.39, 0.29) is 28.7 Å². The fourth-order valence-electron chi connectivity index (χ4n) is 3.98. The van der Waals surface area contributed by atoms with Gasteiger partial charge >= 0.3 is 0 Å². The predicted molar refractivity (Wildman–Crippen MR) is 158 cm³/mol. The molecule has 0 fully saturated rings. The standard InChI is InChI=1S/C27H27Cl4N3O4S/c1-3-32-27(36)24(15-18-9-5-4-6-10-18)33(16-19-20(28)11-7-12-21(19)29)25(35)17-34(39(2,37)38)23-14-8-13-22(30)26(23)31/h4-14,24H,3,15-17H2,1-2H3,(H,32,36). The lowest BCUT2D eigenvalue weighted by Gasteiger charge is -2.34. The van der Waals surface area contributed by atoms with Crippen molar-refractivity contribution >= 4 is 73.9 Å². The minimum atomic E-state index is -4.00. The highest BCUT2D eigenvalue weighted by Gasteiger charge is 2.34. The largest absolute Gasteiger partial charge is 0.355 e. The van der Waals surface area contributed by atoms with Crippen molar-refractivity contribution in [3.63, 3.8) is 0 Å². The number of amides is 2. The summed E-state index contributed by atoms with van der Waals surface area (Å²) in [4.78, 5) is 28.7. The molecule has 0 aliphatic heterocycles. The van der Waals surface area contributed by atoms with Crippen LogP contribution in [0.2, 0.25) is 20.1 Å². The minimum Gasteiger partial charge on any atom is -0.355 e. The second-order valence-corrected chi connectivity index (χ2v) is 12.2. The molecule has 3 rings (SSSR count). The Hall–Kier alpha value is -2.49. The van der Waals surface area contributed by atoms with Crippen LogP contribution >= 0.6 is 46.4 Å². The molecule has 0 aliphatic carbocycles. The van der Waals surface area contributed by atoms with Crippen LogP contribution in [0, 0.1) is 0 Å². The van der Waals surface area contributed by atoms with Gasteiger partial charge in [0.2, 0.25) is 21.8 Å². The molecule has 0 aliphatic rings. The van der Waals surface area contributed by atoms with Crippen LogP contribution in [0.4, 0.5) is 5.69 Å². The summed E-state index contributed by atoms with van der Waals surface area (Å²) < 4.78 is 26.6. The average Bonchev–Trinajstić information content (AvgIpc) is 2.88. The SMILES string of the molecule is CCNC(=O)C(Cc1ccccc1)N(Cc1c(Cl)cccc1Cl)C(=O)CN(c1cccc(Cl)c1Cl)S(C)(=O)=O. The Morgan fingerprint density at radius 2 is 1.46 bits per heavy atom. The van der Waals surface area contributed by atoms with E-state index in [2.05, 4.69) is 5.32 Å². The molecule has 39 heavy (non-hydrogen) atoms. The van der Waals surface area contributed by atoms with E-state index in [1.165, 1.54) is 23.1 Å². The molecule has 2 amide bonds. The number of anilines is 1. The Balaban J connectivity index is 2.11. The normalized spacial score (nSPS) is 12.1. The number of rotatable bonds is 11. The number of hydrogen-bond donors (Lipinski definition) is 1. The lowest BCUT2D eigenvalue weighted by Crippen LogP contribution is -2.53. The summed E-state index contributed by atoms with van der Waals surface area (Å²) in [5.41, 5.74) is 1.26. The van der Waals surface area contributed by atoms with Crippen molar-refractivity contribution in [3.05, 3.63) is 97.9 Å². The number of nitrogens with one attached hydrogen (secondary N) is 1. The Morgan fingerprint density at radius 3 is 2.05 bits per heavy atom. The highest BCUT2D eigenvalue weighted by atomic mass is 35.5. The number of likely N-dealkylation sites (N-methyl/N-ethyl adjacent to an activating group) is 1. The van der Waals surface area contributed by atoms with E-state index in [4.69, 9.17) is 46.4 Å². The van der Waals surface area contributed by atoms with E-state index in [1.807, 2.05) is 30.3 Å². The number of sulfonamides is 1. The molecule has 0 saturated carbocycles. The molecule has 12 heteroatoms. The van der Waals surface area contributed by atoms with Gasteiger partial charge in [0.15, 0.2) is 0 Å². The first kappa shape index (κ1) is 31.0. The monoisotopic (exact) mass is 629 g/mol. The van der Waals surface area contributed by atoms with Crippen LogP contribution in [0.5, 0.6) is 0 Å². The maximum atomic E-state index is 14.0. The maximum absolute atomic E-state index is 14.0. The van der Waals surface area contributed by atoms with Gasteiger partial charge in [0, 0.05) is 35.1 Å². The third-order valence-corrected chi connectivity index (χ3v) is 8.53.